The van der Waals surface area contributed by atoms with Crippen LogP contribution in [0.25, 0.3) is 0 Å². The predicted molar refractivity (Wildman–Crippen MR) is 118 cm³/mol. The first kappa shape index (κ1) is 20.3. The minimum absolute atomic E-state index is 0.260. The minimum atomic E-state index is -0.530. The third kappa shape index (κ3) is 4.33. The summed E-state index contributed by atoms with van der Waals surface area (Å²) < 4.78 is 1.08. The molecule has 0 saturated carbocycles. The minimum Gasteiger partial charge on any atom is -0.306 e. The van der Waals surface area contributed by atoms with Gasteiger partial charge >= 0.3 is 6.03 Å². The van der Waals surface area contributed by atoms with Gasteiger partial charge in [-0.1, -0.05) is 72.4 Å². The summed E-state index contributed by atoms with van der Waals surface area (Å²) in [6, 6.07) is 18.1. The summed E-state index contributed by atoms with van der Waals surface area (Å²) in [6.07, 6.45) is 0. The molecule has 0 spiro atoms. The standard InChI is InChI=1S/C21H16Cl2N2O2S/c1-13-17(23)8-5-9-18(13)24-21(27)25(28)19-11-10-15(22)12-16(19)20(26)14-6-3-2-4-7-14/h2-12,28H,1H3,(H,24,27). The fourth-order valence-corrected chi connectivity index (χ4v) is 3.21. The van der Waals surface area contributed by atoms with Crippen molar-refractivity contribution < 1.29 is 9.59 Å². The Labute approximate surface area is 178 Å². The lowest BCUT2D eigenvalue weighted by atomic mass is 10.0. The summed E-state index contributed by atoms with van der Waals surface area (Å²) in [6.45, 7) is 1.80. The molecule has 142 valence electrons. The molecular formula is C21H16Cl2N2O2S. The molecule has 3 rings (SSSR count). The lowest BCUT2D eigenvalue weighted by Gasteiger charge is -2.20. The number of ketones is 1. The summed E-state index contributed by atoms with van der Waals surface area (Å²) in [7, 11) is 0. The molecule has 0 unspecified atom stereocenters. The van der Waals surface area contributed by atoms with E-state index in [0.717, 1.165) is 9.87 Å². The van der Waals surface area contributed by atoms with Gasteiger partial charge in [-0.2, -0.15) is 0 Å². The van der Waals surface area contributed by atoms with Crippen LogP contribution in [0, 0.1) is 6.92 Å². The highest BCUT2D eigenvalue weighted by atomic mass is 35.5. The van der Waals surface area contributed by atoms with Crippen molar-refractivity contribution in [3.63, 3.8) is 0 Å². The number of halogens is 2. The molecule has 0 radical (unpaired) electrons. The SMILES string of the molecule is Cc1c(Cl)cccc1NC(=O)N(S)c1ccc(Cl)cc1C(=O)c1ccccc1. The lowest BCUT2D eigenvalue weighted by molar-refractivity contribution is 0.103. The summed E-state index contributed by atoms with van der Waals surface area (Å²) in [4.78, 5) is 25.7. The van der Waals surface area contributed by atoms with Crippen LogP contribution in [-0.2, 0) is 0 Å². The van der Waals surface area contributed by atoms with Crippen LogP contribution >= 0.6 is 36.0 Å². The number of anilines is 2. The Morgan fingerprint density at radius 3 is 2.39 bits per heavy atom. The quantitative estimate of drug-likeness (QED) is 0.370. The molecule has 2 amide bonds. The number of nitrogens with zero attached hydrogens (tertiary/aromatic N) is 1. The number of amides is 2. The van der Waals surface area contributed by atoms with Gasteiger partial charge in [0, 0.05) is 26.9 Å². The van der Waals surface area contributed by atoms with Crippen LogP contribution in [0.5, 0.6) is 0 Å². The molecule has 3 aromatic carbocycles. The van der Waals surface area contributed by atoms with Crippen LogP contribution in [0.4, 0.5) is 16.2 Å². The van der Waals surface area contributed by atoms with Crippen molar-refractivity contribution in [3.05, 3.63) is 93.5 Å². The molecule has 0 aliphatic carbocycles. The Balaban J connectivity index is 1.93. The summed E-state index contributed by atoms with van der Waals surface area (Å²) in [5.74, 6) is -0.260. The first-order valence-corrected chi connectivity index (χ1v) is 9.48. The van der Waals surface area contributed by atoms with Crippen LogP contribution < -0.4 is 9.62 Å². The monoisotopic (exact) mass is 430 g/mol. The van der Waals surface area contributed by atoms with Crippen molar-refractivity contribution in [1.82, 2.24) is 0 Å². The third-order valence-corrected chi connectivity index (χ3v) is 5.21. The zero-order valence-electron chi connectivity index (χ0n) is 14.8. The largest absolute Gasteiger partial charge is 0.336 e. The van der Waals surface area contributed by atoms with Gasteiger partial charge in [0.05, 0.1) is 5.69 Å². The van der Waals surface area contributed by atoms with Gasteiger partial charge in [0.15, 0.2) is 5.78 Å². The van der Waals surface area contributed by atoms with Gasteiger partial charge in [-0.05, 0) is 42.8 Å². The molecule has 0 atom stereocenters. The van der Waals surface area contributed by atoms with Crippen LogP contribution in [0.2, 0.25) is 10.0 Å². The van der Waals surface area contributed by atoms with Crippen LogP contribution in [-0.4, -0.2) is 11.8 Å². The molecule has 0 aliphatic heterocycles. The van der Waals surface area contributed by atoms with Crippen molar-refractivity contribution in [3.8, 4) is 0 Å². The number of hydrogen-bond donors (Lipinski definition) is 2. The van der Waals surface area contributed by atoms with Gasteiger partial charge in [-0.15, -0.1) is 0 Å². The average Bonchev–Trinajstić information content (AvgIpc) is 2.71. The lowest BCUT2D eigenvalue weighted by Crippen LogP contribution is -2.28. The number of nitrogens with one attached hydrogen (secondary N) is 1. The Hall–Kier alpha value is -2.47. The van der Waals surface area contributed by atoms with Crippen molar-refractivity contribution in [2.24, 2.45) is 0 Å². The van der Waals surface area contributed by atoms with Crippen molar-refractivity contribution in [2.45, 2.75) is 6.92 Å². The van der Waals surface area contributed by atoms with E-state index < -0.39 is 6.03 Å². The summed E-state index contributed by atoms with van der Waals surface area (Å²) >= 11 is 16.5. The smallest absolute Gasteiger partial charge is 0.306 e. The highest BCUT2D eigenvalue weighted by molar-refractivity contribution is 7.82. The topological polar surface area (TPSA) is 49.4 Å². The van der Waals surface area contributed by atoms with Crippen LogP contribution in [0.15, 0.2) is 66.7 Å². The number of carbonyl (C=O) groups is 2. The molecule has 4 nitrogen and oxygen atoms in total. The van der Waals surface area contributed by atoms with Crippen molar-refractivity contribution in [1.29, 1.82) is 0 Å². The summed E-state index contributed by atoms with van der Waals surface area (Å²) in [5, 5.41) is 3.67. The maximum Gasteiger partial charge on any atom is 0.336 e. The van der Waals surface area contributed by atoms with Gasteiger partial charge in [-0.3, -0.25) is 4.79 Å². The first-order valence-electron chi connectivity index (χ1n) is 8.33. The second-order valence-electron chi connectivity index (χ2n) is 6.01. The maximum absolute atomic E-state index is 12.9. The number of rotatable bonds is 4. The maximum atomic E-state index is 12.9. The van der Waals surface area contributed by atoms with E-state index in [4.69, 9.17) is 23.2 Å². The van der Waals surface area contributed by atoms with E-state index in [1.54, 1.807) is 61.5 Å². The van der Waals surface area contributed by atoms with Crippen LogP contribution in [0.1, 0.15) is 21.5 Å². The van der Waals surface area contributed by atoms with Gasteiger partial charge in [0.2, 0.25) is 0 Å². The number of thiol groups is 1. The molecule has 0 bridgehead atoms. The third-order valence-electron chi connectivity index (χ3n) is 4.17. The molecule has 28 heavy (non-hydrogen) atoms. The number of urea groups is 1. The van der Waals surface area contributed by atoms with Gasteiger partial charge in [-0.25, -0.2) is 9.10 Å². The van der Waals surface area contributed by atoms with E-state index in [0.29, 0.717) is 27.0 Å². The Kier molecular flexibility index (Phi) is 6.29. The van der Waals surface area contributed by atoms with E-state index in [1.165, 1.54) is 6.07 Å². The molecular weight excluding hydrogens is 415 g/mol. The zero-order valence-corrected chi connectivity index (χ0v) is 17.2. The normalized spacial score (nSPS) is 10.4. The molecule has 3 aromatic rings. The molecule has 0 heterocycles. The van der Waals surface area contributed by atoms with Crippen LogP contribution in [0.3, 0.4) is 0 Å². The molecule has 7 heteroatoms. The van der Waals surface area contributed by atoms with Gasteiger partial charge in [0.25, 0.3) is 0 Å². The summed E-state index contributed by atoms with van der Waals surface area (Å²) in [5.41, 5.74) is 2.36. The highest BCUT2D eigenvalue weighted by Gasteiger charge is 2.21. The van der Waals surface area contributed by atoms with E-state index in [-0.39, 0.29) is 11.3 Å². The molecule has 0 fully saturated rings. The van der Waals surface area contributed by atoms with Crippen molar-refractivity contribution >= 4 is 59.2 Å². The second kappa shape index (κ2) is 8.69. The predicted octanol–water partition coefficient (Wildman–Crippen LogP) is 6.42. The Morgan fingerprint density at radius 1 is 0.964 bits per heavy atom. The Morgan fingerprint density at radius 2 is 1.68 bits per heavy atom. The van der Waals surface area contributed by atoms with E-state index >= 15 is 0 Å². The van der Waals surface area contributed by atoms with Gasteiger partial charge in [0.1, 0.15) is 0 Å². The highest BCUT2D eigenvalue weighted by Crippen LogP contribution is 2.29. The fourth-order valence-electron chi connectivity index (χ4n) is 2.64. The van der Waals surface area contributed by atoms with Gasteiger partial charge < -0.3 is 5.32 Å². The number of benzene rings is 3. The molecule has 0 aromatic heterocycles. The van der Waals surface area contributed by atoms with E-state index in [2.05, 4.69) is 18.1 Å². The van der Waals surface area contributed by atoms with E-state index in [1.807, 2.05) is 6.07 Å². The first-order chi connectivity index (χ1) is 13.4. The Bertz CT molecular complexity index is 1040. The number of carbonyl (C=O) groups excluding carboxylic acids is 2. The average molecular weight is 431 g/mol. The molecule has 0 saturated heterocycles. The molecule has 1 N–H and O–H groups in total. The zero-order chi connectivity index (χ0) is 20.3. The number of hydrogen-bond acceptors (Lipinski definition) is 3. The molecule has 0 aliphatic rings. The second-order valence-corrected chi connectivity index (χ2v) is 7.25. The van der Waals surface area contributed by atoms with E-state index in [9.17, 15) is 9.59 Å². The van der Waals surface area contributed by atoms with Crippen molar-refractivity contribution in [2.75, 3.05) is 9.62 Å². The fraction of sp³-hybridized carbons (Fsp3) is 0.0476.